The van der Waals surface area contributed by atoms with E-state index in [9.17, 15) is 10.2 Å². The van der Waals surface area contributed by atoms with Crippen LogP contribution < -0.4 is 4.72 Å². The molecular formula is C20H22ClN3O2S. The largest absolute Gasteiger partial charge is 0.507 e. The monoisotopic (exact) mass is 403 g/mol. The summed E-state index contributed by atoms with van der Waals surface area (Å²) in [6.07, 6.45) is 3.24. The first kappa shape index (κ1) is 19.8. The SMILES string of the molecule is Oc1ccccc1-c1cnc(-c2ccc(Cl)c(CCC(O)CCNS)c2)[nH]1. The number of aromatic amines is 1. The van der Waals surface area contributed by atoms with Crippen LogP contribution in [0.5, 0.6) is 5.75 Å². The zero-order valence-electron chi connectivity index (χ0n) is 14.7. The van der Waals surface area contributed by atoms with Crippen LogP contribution in [0.2, 0.25) is 5.02 Å². The first-order valence-corrected chi connectivity index (χ1v) is 9.58. The van der Waals surface area contributed by atoms with Gasteiger partial charge in [-0.2, -0.15) is 0 Å². The average Bonchev–Trinajstić information content (AvgIpc) is 3.16. The van der Waals surface area contributed by atoms with Crippen molar-refractivity contribution in [2.75, 3.05) is 6.54 Å². The topological polar surface area (TPSA) is 81.2 Å². The van der Waals surface area contributed by atoms with Gasteiger partial charge in [0.15, 0.2) is 0 Å². The Kier molecular flexibility index (Phi) is 6.79. The van der Waals surface area contributed by atoms with Crippen LogP contribution in [0.3, 0.4) is 0 Å². The van der Waals surface area contributed by atoms with Crippen LogP contribution in [0.1, 0.15) is 18.4 Å². The van der Waals surface area contributed by atoms with E-state index in [1.807, 2.05) is 30.3 Å². The van der Waals surface area contributed by atoms with Gasteiger partial charge in [-0.05, 0) is 55.2 Å². The molecule has 0 aliphatic heterocycles. The first-order chi connectivity index (χ1) is 13.1. The number of aryl methyl sites for hydroxylation is 1. The van der Waals surface area contributed by atoms with E-state index in [0.717, 1.165) is 16.8 Å². The number of para-hydroxylation sites is 1. The van der Waals surface area contributed by atoms with Gasteiger partial charge in [0.1, 0.15) is 11.6 Å². The summed E-state index contributed by atoms with van der Waals surface area (Å²) in [5, 5.41) is 20.7. The van der Waals surface area contributed by atoms with Crippen molar-refractivity contribution >= 4 is 24.4 Å². The van der Waals surface area contributed by atoms with Crippen molar-refractivity contribution in [1.82, 2.24) is 14.7 Å². The zero-order chi connectivity index (χ0) is 19.2. The Morgan fingerprint density at radius 3 is 2.78 bits per heavy atom. The van der Waals surface area contributed by atoms with E-state index < -0.39 is 6.10 Å². The molecule has 1 unspecified atom stereocenters. The second-order valence-electron chi connectivity index (χ2n) is 6.36. The fraction of sp³-hybridized carbons (Fsp3) is 0.250. The molecule has 142 valence electrons. The van der Waals surface area contributed by atoms with Crippen molar-refractivity contribution in [3.05, 3.63) is 59.2 Å². The molecule has 5 nitrogen and oxygen atoms in total. The third-order valence-electron chi connectivity index (χ3n) is 4.43. The van der Waals surface area contributed by atoms with Crippen molar-refractivity contribution in [3.8, 4) is 28.4 Å². The average molecular weight is 404 g/mol. The van der Waals surface area contributed by atoms with Gasteiger partial charge in [0.25, 0.3) is 0 Å². The van der Waals surface area contributed by atoms with E-state index in [-0.39, 0.29) is 5.75 Å². The number of nitrogens with one attached hydrogen (secondary N) is 2. The molecule has 0 fully saturated rings. The first-order valence-electron chi connectivity index (χ1n) is 8.75. The zero-order valence-corrected chi connectivity index (χ0v) is 16.3. The number of hydrogen-bond acceptors (Lipinski definition) is 5. The van der Waals surface area contributed by atoms with E-state index in [2.05, 4.69) is 27.5 Å². The number of thiol groups is 1. The van der Waals surface area contributed by atoms with Gasteiger partial charge in [-0.1, -0.05) is 36.5 Å². The molecule has 1 atom stereocenters. The number of aliphatic hydroxyl groups is 1. The molecule has 3 rings (SSSR count). The maximum atomic E-state index is 10.0. The third kappa shape index (κ3) is 5.05. The molecule has 0 spiro atoms. The number of aromatic hydroxyl groups is 1. The van der Waals surface area contributed by atoms with Crippen molar-refractivity contribution in [1.29, 1.82) is 0 Å². The highest BCUT2D eigenvalue weighted by atomic mass is 35.5. The maximum Gasteiger partial charge on any atom is 0.137 e. The van der Waals surface area contributed by atoms with Crippen molar-refractivity contribution in [2.24, 2.45) is 0 Å². The van der Waals surface area contributed by atoms with Crippen LogP contribution in [0, 0.1) is 0 Å². The van der Waals surface area contributed by atoms with Crippen LogP contribution >= 0.6 is 24.4 Å². The number of H-pyrrole nitrogens is 1. The molecule has 0 aliphatic carbocycles. The number of aromatic nitrogens is 2. The lowest BCUT2D eigenvalue weighted by molar-refractivity contribution is 0.156. The standard InChI is InChI=1S/C20H22ClN3O2S/c21-17-8-6-14(11-13(17)5-7-15(25)9-10-23-27)20-22-12-18(24-20)16-3-1-2-4-19(16)26/h1-4,6,8,11-12,15,23,25-27H,5,7,9-10H2,(H,22,24). The summed E-state index contributed by atoms with van der Waals surface area (Å²) in [6, 6.07) is 12.9. The van der Waals surface area contributed by atoms with Crippen molar-refractivity contribution in [3.63, 3.8) is 0 Å². The van der Waals surface area contributed by atoms with E-state index in [4.69, 9.17) is 11.6 Å². The minimum atomic E-state index is -0.402. The highest BCUT2D eigenvalue weighted by Gasteiger charge is 2.12. The molecule has 2 aromatic carbocycles. The Balaban J connectivity index is 1.77. The maximum absolute atomic E-state index is 10.0. The van der Waals surface area contributed by atoms with Gasteiger partial charge >= 0.3 is 0 Å². The molecule has 0 aliphatic rings. The molecule has 27 heavy (non-hydrogen) atoms. The molecule has 0 radical (unpaired) electrons. The summed E-state index contributed by atoms with van der Waals surface area (Å²) < 4.78 is 2.74. The van der Waals surface area contributed by atoms with Gasteiger partial charge < -0.3 is 15.2 Å². The van der Waals surface area contributed by atoms with Crippen LogP contribution in [0.15, 0.2) is 48.7 Å². The number of phenolic OH excluding ortho intramolecular Hbond substituents is 1. The number of aliphatic hydroxyl groups excluding tert-OH is 1. The number of phenols is 1. The van der Waals surface area contributed by atoms with Crippen LogP contribution in [0.25, 0.3) is 22.6 Å². The summed E-state index contributed by atoms with van der Waals surface area (Å²) >= 11 is 10.3. The van der Waals surface area contributed by atoms with Crippen LogP contribution in [-0.2, 0) is 6.42 Å². The molecular weight excluding hydrogens is 382 g/mol. The van der Waals surface area contributed by atoms with Crippen LogP contribution in [-0.4, -0.2) is 32.8 Å². The second-order valence-corrected chi connectivity index (χ2v) is 7.08. The summed E-state index contributed by atoms with van der Waals surface area (Å²) in [7, 11) is 0. The number of halogens is 1. The summed E-state index contributed by atoms with van der Waals surface area (Å²) in [4.78, 5) is 7.68. The molecule has 0 saturated carbocycles. The Labute approximate surface area is 169 Å². The van der Waals surface area contributed by atoms with Gasteiger partial charge in [0.2, 0.25) is 0 Å². The number of rotatable bonds is 8. The van der Waals surface area contributed by atoms with Gasteiger partial charge in [-0.25, -0.2) is 4.98 Å². The van der Waals surface area contributed by atoms with Gasteiger partial charge in [-0.3, -0.25) is 4.72 Å². The van der Waals surface area contributed by atoms with Crippen LogP contribution in [0.4, 0.5) is 0 Å². The Bertz CT molecular complexity index is 900. The smallest absolute Gasteiger partial charge is 0.137 e. The number of benzene rings is 2. The predicted molar refractivity (Wildman–Crippen MR) is 112 cm³/mol. The Morgan fingerprint density at radius 2 is 2.00 bits per heavy atom. The molecule has 4 N–H and O–H groups in total. The van der Waals surface area contributed by atoms with Gasteiger partial charge in [-0.15, -0.1) is 0 Å². The third-order valence-corrected chi connectivity index (χ3v) is 5.02. The highest BCUT2D eigenvalue weighted by Crippen LogP contribution is 2.30. The number of hydrogen-bond donors (Lipinski definition) is 5. The molecule has 0 amide bonds. The lowest BCUT2D eigenvalue weighted by atomic mass is 10.0. The van der Waals surface area contributed by atoms with Gasteiger partial charge in [0.05, 0.1) is 18.0 Å². The minimum absolute atomic E-state index is 0.203. The minimum Gasteiger partial charge on any atom is -0.507 e. The Morgan fingerprint density at radius 1 is 1.19 bits per heavy atom. The quantitative estimate of drug-likeness (QED) is 0.365. The Hall–Kier alpha value is -1.99. The number of imidazole rings is 1. The molecule has 0 bridgehead atoms. The van der Waals surface area contributed by atoms with E-state index >= 15 is 0 Å². The molecule has 3 aromatic rings. The summed E-state index contributed by atoms with van der Waals surface area (Å²) in [5.74, 6) is 0.903. The molecule has 1 heterocycles. The summed E-state index contributed by atoms with van der Waals surface area (Å²) in [6.45, 7) is 0.652. The second kappa shape index (κ2) is 9.28. The van der Waals surface area contributed by atoms with E-state index in [1.54, 1.807) is 18.3 Å². The van der Waals surface area contributed by atoms with E-state index in [0.29, 0.717) is 42.2 Å². The van der Waals surface area contributed by atoms with Gasteiger partial charge in [0, 0.05) is 22.7 Å². The fourth-order valence-corrected chi connectivity index (χ4v) is 3.26. The summed E-state index contributed by atoms with van der Waals surface area (Å²) in [5.41, 5.74) is 3.32. The lowest BCUT2D eigenvalue weighted by Gasteiger charge is -2.11. The molecule has 1 aromatic heterocycles. The highest BCUT2D eigenvalue weighted by molar-refractivity contribution is 7.78. The predicted octanol–water partition coefficient (Wildman–Crippen LogP) is 4.22. The molecule has 7 heteroatoms. The van der Waals surface area contributed by atoms with Crippen molar-refractivity contribution in [2.45, 2.75) is 25.4 Å². The lowest BCUT2D eigenvalue weighted by Crippen LogP contribution is -2.14. The van der Waals surface area contributed by atoms with Crippen molar-refractivity contribution < 1.29 is 10.2 Å². The number of nitrogens with zero attached hydrogens (tertiary/aromatic N) is 1. The molecule has 0 saturated heterocycles. The fourth-order valence-electron chi connectivity index (χ4n) is 2.92. The normalized spacial score (nSPS) is 12.3. The van der Waals surface area contributed by atoms with E-state index in [1.165, 1.54) is 0 Å².